The van der Waals surface area contributed by atoms with Crippen LogP contribution < -0.4 is 5.32 Å². The zero-order chi connectivity index (χ0) is 28.6. The summed E-state index contributed by atoms with van der Waals surface area (Å²) in [5, 5.41) is 12.3. The molecule has 3 aromatic carbocycles. The van der Waals surface area contributed by atoms with Gasteiger partial charge in [-0.2, -0.15) is 0 Å². The molecule has 8 nitrogen and oxygen atoms in total. The Morgan fingerprint density at radius 3 is 2.38 bits per heavy atom. The summed E-state index contributed by atoms with van der Waals surface area (Å²) < 4.78 is 14.0. The predicted molar refractivity (Wildman–Crippen MR) is 147 cm³/mol. The topological polar surface area (TPSA) is 107 Å². The van der Waals surface area contributed by atoms with Gasteiger partial charge in [-0.1, -0.05) is 66.2 Å². The van der Waals surface area contributed by atoms with E-state index in [1.54, 1.807) is 18.2 Å². The third-order valence-corrected chi connectivity index (χ3v) is 6.89. The molecule has 1 heterocycles. The maximum absolute atomic E-state index is 14.0. The third kappa shape index (κ3) is 7.11. The molecule has 3 amide bonds. The maximum atomic E-state index is 14.0. The summed E-state index contributed by atoms with van der Waals surface area (Å²) in [5.41, 5.74) is 2.50. The van der Waals surface area contributed by atoms with Gasteiger partial charge in [-0.3, -0.25) is 19.2 Å². The molecule has 1 saturated heterocycles. The fraction of sp³-hybridized carbons (Fsp3) is 0.290. The maximum Gasteiger partial charge on any atom is 0.305 e. The number of amides is 3. The van der Waals surface area contributed by atoms with Gasteiger partial charge in [0.1, 0.15) is 5.82 Å². The molecule has 0 bridgehead atoms. The second-order valence-electron chi connectivity index (χ2n) is 9.88. The molecule has 208 valence electrons. The molecule has 9 heteroatoms. The van der Waals surface area contributed by atoms with Gasteiger partial charge in [0.25, 0.3) is 11.8 Å². The second kappa shape index (κ2) is 13.0. The van der Waals surface area contributed by atoms with Crippen LogP contribution in [-0.4, -0.2) is 57.9 Å². The van der Waals surface area contributed by atoms with E-state index in [4.69, 9.17) is 0 Å². The number of aryl methyl sites for hydroxylation is 2. The van der Waals surface area contributed by atoms with E-state index in [1.165, 1.54) is 28.0 Å². The van der Waals surface area contributed by atoms with E-state index in [9.17, 15) is 28.7 Å². The third-order valence-electron chi connectivity index (χ3n) is 6.89. The van der Waals surface area contributed by atoms with E-state index in [2.05, 4.69) is 5.32 Å². The molecule has 1 fully saturated rings. The lowest BCUT2D eigenvalue weighted by Crippen LogP contribution is -2.63. The van der Waals surface area contributed by atoms with Gasteiger partial charge >= 0.3 is 5.97 Å². The van der Waals surface area contributed by atoms with E-state index < -0.39 is 35.8 Å². The van der Waals surface area contributed by atoms with Gasteiger partial charge in [0.15, 0.2) is 6.17 Å². The molecule has 0 radical (unpaired) electrons. The second-order valence-corrected chi connectivity index (χ2v) is 9.88. The normalized spacial score (nSPS) is 15.8. The molecule has 1 aliphatic heterocycles. The van der Waals surface area contributed by atoms with Crippen LogP contribution >= 0.6 is 0 Å². The lowest BCUT2D eigenvalue weighted by molar-refractivity contribution is -0.150. The van der Waals surface area contributed by atoms with Crippen LogP contribution in [0, 0.1) is 12.7 Å². The van der Waals surface area contributed by atoms with Gasteiger partial charge in [-0.25, -0.2) is 4.39 Å². The Balaban J connectivity index is 1.64. The number of nitrogens with one attached hydrogen (secondary N) is 1. The largest absolute Gasteiger partial charge is 0.481 e. The number of hydrogen-bond donors (Lipinski definition) is 2. The Morgan fingerprint density at radius 1 is 0.950 bits per heavy atom. The van der Waals surface area contributed by atoms with Crippen molar-refractivity contribution in [1.29, 1.82) is 0 Å². The van der Waals surface area contributed by atoms with Crippen molar-refractivity contribution in [2.24, 2.45) is 0 Å². The van der Waals surface area contributed by atoms with Gasteiger partial charge in [0, 0.05) is 25.1 Å². The Labute approximate surface area is 232 Å². The Kier molecular flexibility index (Phi) is 9.27. The van der Waals surface area contributed by atoms with E-state index in [-0.39, 0.29) is 37.4 Å². The summed E-state index contributed by atoms with van der Waals surface area (Å²) in [6, 6.07) is 20.9. The highest BCUT2D eigenvalue weighted by atomic mass is 19.1. The zero-order valence-corrected chi connectivity index (χ0v) is 22.3. The molecule has 0 saturated carbocycles. The predicted octanol–water partition coefficient (Wildman–Crippen LogP) is 4.10. The number of carbonyl (C=O) groups is 4. The van der Waals surface area contributed by atoms with Crippen molar-refractivity contribution in [2.45, 2.75) is 44.8 Å². The molecule has 2 N–H and O–H groups in total. The monoisotopic (exact) mass is 545 g/mol. The van der Waals surface area contributed by atoms with E-state index in [0.717, 1.165) is 17.2 Å². The van der Waals surface area contributed by atoms with Crippen LogP contribution in [0.2, 0.25) is 0 Å². The fourth-order valence-electron chi connectivity index (χ4n) is 4.97. The lowest BCUT2D eigenvalue weighted by Gasteiger charge is -2.43. The minimum absolute atomic E-state index is 0.0529. The number of hydrogen-bond acceptors (Lipinski definition) is 4. The Bertz CT molecular complexity index is 1380. The van der Waals surface area contributed by atoms with Gasteiger partial charge < -0.3 is 20.2 Å². The van der Waals surface area contributed by atoms with Crippen molar-refractivity contribution in [3.63, 3.8) is 0 Å². The van der Waals surface area contributed by atoms with E-state index in [1.807, 2.05) is 43.3 Å². The van der Waals surface area contributed by atoms with Gasteiger partial charge in [0.05, 0.1) is 12.5 Å². The number of nitrogens with zero attached hydrogens (tertiary/aromatic N) is 2. The molecule has 3 aromatic rings. The number of halogens is 1. The number of carbonyl (C=O) groups excluding carboxylic acids is 3. The van der Waals surface area contributed by atoms with Crippen molar-refractivity contribution >= 4 is 23.7 Å². The van der Waals surface area contributed by atoms with Gasteiger partial charge in [-0.05, 0) is 49.1 Å². The molecular weight excluding hydrogens is 513 g/mol. The van der Waals surface area contributed by atoms with Crippen molar-refractivity contribution < 1.29 is 28.7 Å². The van der Waals surface area contributed by atoms with Gasteiger partial charge in [-0.15, -0.1) is 0 Å². The summed E-state index contributed by atoms with van der Waals surface area (Å²) in [7, 11) is 0. The first kappa shape index (κ1) is 28.5. The van der Waals surface area contributed by atoms with E-state index in [0.29, 0.717) is 18.4 Å². The Hall–Kier alpha value is -4.53. The number of rotatable bonds is 9. The molecule has 1 aliphatic rings. The smallest absolute Gasteiger partial charge is 0.305 e. The minimum Gasteiger partial charge on any atom is -0.481 e. The zero-order valence-electron chi connectivity index (χ0n) is 22.3. The number of benzene rings is 3. The minimum atomic E-state index is -1.33. The Morgan fingerprint density at radius 2 is 1.68 bits per heavy atom. The van der Waals surface area contributed by atoms with Crippen LogP contribution in [0.3, 0.4) is 0 Å². The van der Waals surface area contributed by atoms with Crippen LogP contribution in [0.4, 0.5) is 4.39 Å². The average Bonchev–Trinajstić information content (AvgIpc) is 2.95. The quantitative estimate of drug-likeness (QED) is 0.421. The highest BCUT2D eigenvalue weighted by Gasteiger charge is 2.41. The number of carboxylic acids is 1. The summed E-state index contributed by atoms with van der Waals surface area (Å²) in [4.78, 5) is 55.2. The van der Waals surface area contributed by atoms with Crippen LogP contribution in [-0.2, 0) is 20.8 Å². The number of carboxylic acid groups (broad SMARTS) is 1. The molecule has 40 heavy (non-hydrogen) atoms. The molecule has 0 spiro atoms. The van der Waals surface area contributed by atoms with Crippen molar-refractivity contribution in [2.75, 3.05) is 13.1 Å². The molecular formula is C31H32FN3O5. The lowest BCUT2D eigenvalue weighted by atomic mass is 10.0. The summed E-state index contributed by atoms with van der Waals surface area (Å²) in [5.74, 6) is -3.29. The van der Waals surface area contributed by atoms with Crippen molar-refractivity contribution in [1.82, 2.24) is 15.1 Å². The van der Waals surface area contributed by atoms with Crippen LogP contribution in [0.25, 0.3) is 0 Å². The first-order valence-corrected chi connectivity index (χ1v) is 13.2. The highest BCUT2D eigenvalue weighted by molar-refractivity contribution is 5.99. The van der Waals surface area contributed by atoms with Crippen molar-refractivity contribution in [3.05, 3.63) is 107 Å². The van der Waals surface area contributed by atoms with Crippen molar-refractivity contribution in [3.8, 4) is 0 Å². The molecule has 2 atom stereocenters. The first-order chi connectivity index (χ1) is 19.2. The number of aliphatic carboxylic acids is 1. The van der Waals surface area contributed by atoms with Gasteiger partial charge in [0.2, 0.25) is 5.91 Å². The summed E-state index contributed by atoms with van der Waals surface area (Å²) in [6.07, 6.45) is -0.714. The summed E-state index contributed by atoms with van der Waals surface area (Å²) in [6.45, 7) is 2.27. The van der Waals surface area contributed by atoms with Crippen LogP contribution in [0.5, 0.6) is 0 Å². The van der Waals surface area contributed by atoms with E-state index >= 15 is 0 Å². The summed E-state index contributed by atoms with van der Waals surface area (Å²) >= 11 is 0. The average molecular weight is 546 g/mol. The van der Waals surface area contributed by atoms with Crippen LogP contribution in [0.1, 0.15) is 52.4 Å². The first-order valence-electron chi connectivity index (χ1n) is 13.2. The van der Waals surface area contributed by atoms with Crippen LogP contribution in [0.15, 0.2) is 78.9 Å². The SMILES string of the molecule is Cc1cccc(C(CC(=O)O)NC(=O)C2N(C(=O)CCc3ccccc3)CCCN2C(=O)c2cccc(F)c2)c1. The fourth-order valence-corrected chi connectivity index (χ4v) is 4.97. The molecule has 0 aromatic heterocycles. The molecule has 0 aliphatic carbocycles. The highest BCUT2D eigenvalue weighted by Crippen LogP contribution is 2.24. The molecule has 4 rings (SSSR count). The molecule has 2 unspecified atom stereocenters. The standard InChI is InChI=1S/C31H32FN3O5/c1-21-8-5-11-23(18-21)26(20-28(37)38)33-29(39)30-34(27(36)15-14-22-9-3-2-4-10-22)16-7-17-35(30)31(40)24-12-6-13-25(32)19-24/h2-6,8-13,18-19,26,30H,7,14-17,20H2,1H3,(H,33,39)(H,37,38).